The molecule has 4 amide bonds. The van der Waals surface area contributed by atoms with E-state index in [0.717, 1.165) is 21.7 Å². The van der Waals surface area contributed by atoms with Gasteiger partial charge in [-0.3, -0.25) is 14.5 Å². The molecule has 0 N–H and O–H groups in total. The second-order valence-electron chi connectivity index (χ2n) is 6.42. The number of carbonyl (C=O) groups excluding carboxylic acids is 3. The van der Waals surface area contributed by atoms with Crippen molar-refractivity contribution in [2.24, 2.45) is 0 Å². The molecule has 6 nitrogen and oxygen atoms in total. The number of likely N-dealkylation sites (N-methyl/N-ethyl adjacent to an activating group) is 1. The van der Waals surface area contributed by atoms with Crippen molar-refractivity contribution in [3.63, 3.8) is 0 Å². The summed E-state index contributed by atoms with van der Waals surface area (Å²) in [6.45, 7) is 2.07. The summed E-state index contributed by atoms with van der Waals surface area (Å²) in [6, 6.07) is 16.8. The predicted octanol–water partition coefficient (Wildman–Crippen LogP) is 2.42. The van der Waals surface area contributed by atoms with E-state index in [1.807, 2.05) is 61.5 Å². The SMILES string of the molecule is Cc1cccc(N(Cc2ccccc2)C(=O)CN2C(=O)CN(C)C2=O)c1. The molecule has 3 rings (SSSR count). The molecule has 26 heavy (non-hydrogen) atoms. The number of hydrogen-bond donors (Lipinski definition) is 0. The van der Waals surface area contributed by atoms with Crippen LogP contribution >= 0.6 is 0 Å². The number of nitrogens with zero attached hydrogens (tertiary/aromatic N) is 3. The van der Waals surface area contributed by atoms with E-state index in [9.17, 15) is 14.4 Å². The normalized spacial score (nSPS) is 14.1. The Morgan fingerprint density at radius 1 is 1.08 bits per heavy atom. The molecule has 1 heterocycles. The van der Waals surface area contributed by atoms with Crippen molar-refractivity contribution < 1.29 is 14.4 Å². The standard InChI is InChI=1S/C20H21N3O3/c1-15-7-6-10-17(11-15)22(12-16-8-4-3-5-9-16)19(25)14-23-18(24)13-21(2)20(23)26/h3-11H,12-14H2,1-2H3. The average molecular weight is 351 g/mol. The van der Waals surface area contributed by atoms with Crippen LogP contribution in [0.5, 0.6) is 0 Å². The number of anilines is 1. The fraction of sp³-hybridized carbons (Fsp3) is 0.250. The van der Waals surface area contributed by atoms with E-state index in [2.05, 4.69) is 0 Å². The summed E-state index contributed by atoms with van der Waals surface area (Å²) in [4.78, 5) is 41.0. The highest BCUT2D eigenvalue weighted by atomic mass is 16.2. The molecule has 1 aliphatic heterocycles. The molecule has 0 unspecified atom stereocenters. The highest BCUT2D eigenvalue weighted by molar-refractivity contribution is 6.06. The van der Waals surface area contributed by atoms with Crippen molar-refractivity contribution in [2.75, 3.05) is 25.0 Å². The summed E-state index contributed by atoms with van der Waals surface area (Å²) >= 11 is 0. The number of carbonyl (C=O) groups is 3. The van der Waals surface area contributed by atoms with E-state index < -0.39 is 6.03 Å². The molecule has 1 saturated heterocycles. The van der Waals surface area contributed by atoms with Crippen molar-refractivity contribution in [3.8, 4) is 0 Å². The Hall–Kier alpha value is -3.15. The van der Waals surface area contributed by atoms with Gasteiger partial charge in [-0.05, 0) is 30.2 Å². The number of hydrogen-bond acceptors (Lipinski definition) is 3. The number of benzene rings is 2. The van der Waals surface area contributed by atoms with Crippen molar-refractivity contribution >= 4 is 23.5 Å². The van der Waals surface area contributed by atoms with Crippen molar-refractivity contribution in [1.82, 2.24) is 9.80 Å². The van der Waals surface area contributed by atoms with E-state index in [1.165, 1.54) is 4.90 Å². The summed E-state index contributed by atoms with van der Waals surface area (Å²) in [5, 5.41) is 0. The molecule has 0 spiro atoms. The minimum Gasteiger partial charge on any atom is -0.318 e. The monoisotopic (exact) mass is 351 g/mol. The van der Waals surface area contributed by atoms with Crippen LogP contribution in [0.25, 0.3) is 0 Å². The third kappa shape index (κ3) is 3.74. The molecule has 0 aliphatic carbocycles. The molecule has 2 aromatic rings. The lowest BCUT2D eigenvalue weighted by Gasteiger charge is -2.25. The smallest absolute Gasteiger partial charge is 0.318 e. The third-order valence-electron chi connectivity index (χ3n) is 4.32. The van der Waals surface area contributed by atoms with E-state index in [4.69, 9.17) is 0 Å². The van der Waals surface area contributed by atoms with Crippen LogP contribution in [0.1, 0.15) is 11.1 Å². The van der Waals surface area contributed by atoms with Crippen LogP contribution in [0.4, 0.5) is 10.5 Å². The van der Waals surface area contributed by atoms with Gasteiger partial charge in [-0.15, -0.1) is 0 Å². The second-order valence-corrected chi connectivity index (χ2v) is 6.42. The lowest BCUT2D eigenvalue weighted by molar-refractivity contribution is -0.129. The molecular formula is C20H21N3O3. The number of urea groups is 1. The summed E-state index contributed by atoms with van der Waals surface area (Å²) in [7, 11) is 1.55. The van der Waals surface area contributed by atoms with Crippen LogP contribution in [-0.4, -0.2) is 47.8 Å². The molecule has 0 atom stereocenters. The van der Waals surface area contributed by atoms with Crippen LogP contribution < -0.4 is 4.90 Å². The van der Waals surface area contributed by atoms with Gasteiger partial charge in [0.1, 0.15) is 13.1 Å². The molecule has 0 radical (unpaired) electrons. The van der Waals surface area contributed by atoms with Crippen LogP contribution in [-0.2, 0) is 16.1 Å². The molecule has 1 aliphatic rings. The molecule has 134 valence electrons. The predicted molar refractivity (Wildman–Crippen MR) is 98.6 cm³/mol. The first kappa shape index (κ1) is 17.7. The molecule has 2 aromatic carbocycles. The van der Waals surface area contributed by atoms with Gasteiger partial charge in [0.25, 0.3) is 5.91 Å². The Morgan fingerprint density at radius 3 is 2.42 bits per heavy atom. The van der Waals surface area contributed by atoms with Crippen LogP contribution in [0, 0.1) is 6.92 Å². The van der Waals surface area contributed by atoms with Gasteiger partial charge in [-0.2, -0.15) is 0 Å². The Morgan fingerprint density at radius 2 is 1.81 bits per heavy atom. The maximum absolute atomic E-state index is 13.0. The molecule has 6 heteroatoms. The van der Waals surface area contributed by atoms with Crippen molar-refractivity contribution in [1.29, 1.82) is 0 Å². The van der Waals surface area contributed by atoms with Gasteiger partial charge >= 0.3 is 6.03 Å². The summed E-state index contributed by atoms with van der Waals surface area (Å²) in [6.07, 6.45) is 0. The quantitative estimate of drug-likeness (QED) is 0.777. The molecule has 0 saturated carbocycles. The topological polar surface area (TPSA) is 60.9 Å². The molecular weight excluding hydrogens is 330 g/mol. The average Bonchev–Trinajstić information content (AvgIpc) is 2.86. The van der Waals surface area contributed by atoms with Gasteiger partial charge in [0, 0.05) is 12.7 Å². The first-order chi connectivity index (χ1) is 12.5. The summed E-state index contributed by atoms with van der Waals surface area (Å²) in [5.74, 6) is -0.647. The minimum absolute atomic E-state index is 0.00917. The maximum atomic E-state index is 13.0. The zero-order valence-corrected chi connectivity index (χ0v) is 14.9. The summed E-state index contributed by atoms with van der Waals surface area (Å²) < 4.78 is 0. The van der Waals surface area contributed by atoms with Gasteiger partial charge in [0.05, 0.1) is 6.54 Å². The van der Waals surface area contributed by atoms with Gasteiger partial charge in [-0.25, -0.2) is 4.79 Å². The van der Waals surface area contributed by atoms with Gasteiger partial charge in [0.15, 0.2) is 0 Å². The van der Waals surface area contributed by atoms with Crippen LogP contribution in [0.2, 0.25) is 0 Å². The Kier molecular flexibility index (Phi) is 5.02. The molecule has 1 fully saturated rings. The number of imide groups is 1. The van der Waals surface area contributed by atoms with Crippen LogP contribution in [0.15, 0.2) is 54.6 Å². The lowest BCUT2D eigenvalue weighted by atomic mass is 10.1. The number of amides is 4. The second kappa shape index (κ2) is 7.39. The highest BCUT2D eigenvalue weighted by Crippen LogP contribution is 2.20. The van der Waals surface area contributed by atoms with E-state index in [0.29, 0.717) is 6.54 Å². The Bertz CT molecular complexity index is 835. The van der Waals surface area contributed by atoms with Crippen LogP contribution in [0.3, 0.4) is 0 Å². The lowest BCUT2D eigenvalue weighted by Crippen LogP contribution is -2.43. The fourth-order valence-corrected chi connectivity index (χ4v) is 2.93. The zero-order chi connectivity index (χ0) is 18.7. The first-order valence-corrected chi connectivity index (χ1v) is 8.42. The van der Waals surface area contributed by atoms with Crippen molar-refractivity contribution in [3.05, 3.63) is 65.7 Å². The first-order valence-electron chi connectivity index (χ1n) is 8.42. The van der Waals surface area contributed by atoms with Crippen molar-refractivity contribution in [2.45, 2.75) is 13.5 Å². The van der Waals surface area contributed by atoms with E-state index >= 15 is 0 Å². The van der Waals surface area contributed by atoms with E-state index in [-0.39, 0.29) is 24.9 Å². The Labute approximate surface area is 152 Å². The third-order valence-corrected chi connectivity index (χ3v) is 4.32. The fourth-order valence-electron chi connectivity index (χ4n) is 2.93. The van der Waals surface area contributed by atoms with Gasteiger partial charge in [-0.1, -0.05) is 42.5 Å². The zero-order valence-electron chi connectivity index (χ0n) is 14.9. The number of aryl methyl sites for hydroxylation is 1. The molecule has 0 bridgehead atoms. The maximum Gasteiger partial charge on any atom is 0.327 e. The van der Waals surface area contributed by atoms with Gasteiger partial charge < -0.3 is 9.80 Å². The van der Waals surface area contributed by atoms with E-state index in [1.54, 1.807) is 11.9 Å². The van der Waals surface area contributed by atoms with Gasteiger partial charge in [0.2, 0.25) is 5.91 Å². The minimum atomic E-state index is -0.438. The summed E-state index contributed by atoms with van der Waals surface area (Å²) in [5.41, 5.74) is 2.74. The molecule has 0 aromatic heterocycles. The largest absolute Gasteiger partial charge is 0.327 e. The highest BCUT2D eigenvalue weighted by Gasteiger charge is 2.36. The Balaban J connectivity index is 1.86. The number of rotatable bonds is 5.